The van der Waals surface area contributed by atoms with Crippen molar-refractivity contribution in [3.63, 3.8) is 0 Å². The third-order valence-corrected chi connectivity index (χ3v) is 4.49. The molecule has 1 amide bonds. The number of rotatable bonds is 3. The minimum Gasteiger partial charge on any atom is -0.322 e. The average molecular weight is 399 g/mol. The summed E-state index contributed by atoms with van der Waals surface area (Å²) in [6, 6.07) is 12.7. The van der Waals surface area contributed by atoms with Crippen molar-refractivity contribution in [3.05, 3.63) is 57.2 Å². The Bertz CT molecular complexity index is 668. The van der Waals surface area contributed by atoms with E-state index in [0.717, 1.165) is 14.8 Å². The van der Waals surface area contributed by atoms with Crippen molar-refractivity contribution in [2.45, 2.75) is 11.8 Å². The summed E-state index contributed by atoms with van der Waals surface area (Å²) in [5, 5.41) is 2.88. The highest BCUT2D eigenvalue weighted by molar-refractivity contribution is 14.1. The van der Waals surface area contributed by atoms with E-state index < -0.39 is 10.8 Å². The van der Waals surface area contributed by atoms with Crippen LogP contribution in [0.1, 0.15) is 15.9 Å². The summed E-state index contributed by atoms with van der Waals surface area (Å²) in [6.45, 7) is 1.96. The highest BCUT2D eigenvalue weighted by Crippen LogP contribution is 2.19. The van der Waals surface area contributed by atoms with Crippen LogP contribution in [0.25, 0.3) is 0 Å². The molecule has 0 aliphatic rings. The Morgan fingerprint density at radius 3 is 2.35 bits per heavy atom. The molecule has 0 saturated heterocycles. The quantitative estimate of drug-likeness (QED) is 0.802. The Labute approximate surface area is 134 Å². The minimum atomic E-state index is -1.03. The summed E-state index contributed by atoms with van der Waals surface area (Å²) in [6.07, 6.45) is 1.62. The van der Waals surface area contributed by atoms with Gasteiger partial charge in [0.1, 0.15) is 0 Å². The molecule has 1 atom stereocenters. The van der Waals surface area contributed by atoms with Gasteiger partial charge in [0, 0.05) is 36.8 Å². The number of hydrogen-bond donors (Lipinski definition) is 1. The van der Waals surface area contributed by atoms with Crippen LogP contribution in [-0.4, -0.2) is 16.4 Å². The summed E-state index contributed by atoms with van der Waals surface area (Å²) in [4.78, 5) is 12.9. The molecule has 0 saturated carbocycles. The van der Waals surface area contributed by atoms with Gasteiger partial charge in [0.25, 0.3) is 5.91 Å². The summed E-state index contributed by atoms with van der Waals surface area (Å²) in [5.41, 5.74) is 2.38. The van der Waals surface area contributed by atoms with Crippen LogP contribution in [0, 0.1) is 10.5 Å². The predicted octanol–water partition coefficient (Wildman–Crippen LogP) is 3.59. The van der Waals surface area contributed by atoms with Gasteiger partial charge in [0.05, 0.1) is 0 Å². The van der Waals surface area contributed by atoms with Gasteiger partial charge < -0.3 is 5.32 Å². The van der Waals surface area contributed by atoms with Crippen LogP contribution < -0.4 is 5.32 Å². The van der Waals surface area contributed by atoms with E-state index in [2.05, 4.69) is 27.9 Å². The highest BCUT2D eigenvalue weighted by Gasteiger charge is 2.08. The first-order chi connectivity index (χ1) is 9.47. The first kappa shape index (κ1) is 15.2. The molecule has 0 bridgehead atoms. The fourth-order valence-electron chi connectivity index (χ4n) is 1.76. The molecule has 5 heteroatoms. The first-order valence-corrected chi connectivity index (χ1v) is 8.62. The maximum atomic E-state index is 12.1. The van der Waals surface area contributed by atoms with E-state index in [1.807, 2.05) is 25.1 Å². The van der Waals surface area contributed by atoms with Crippen LogP contribution in [0.3, 0.4) is 0 Å². The van der Waals surface area contributed by atoms with Crippen LogP contribution in [0.2, 0.25) is 0 Å². The van der Waals surface area contributed by atoms with Crippen LogP contribution in [0.15, 0.2) is 47.4 Å². The number of carbonyl (C=O) groups is 1. The number of aryl methyl sites for hydroxylation is 1. The molecule has 0 spiro atoms. The molecule has 3 nitrogen and oxygen atoms in total. The Kier molecular flexibility index (Phi) is 4.93. The number of nitrogens with one attached hydrogen (secondary N) is 1. The smallest absolute Gasteiger partial charge is 0.255 e. The largest absolute Gasteiger partial charge is 0.322 e. The maximum Gasteiger partial charge on any atom is 0.255 e. The normalized spacial score (nSPS) is 11.9. The predicted molar refractivity (Wildman–Crippen MR) is 90.6 cm³/mol. The second-order valence-electron chi connectivity index (χ2n) is 4.39. The standard InChI is InChI=1S/C15H14INO2S/c1-10-9-12(16)5-8-14(10)17-15(18)11-3-6-13(7-4-11)20(2)19/h3-9H,1-2H3,(H,17,18). The topological polar surface area (TPSA) is 46.2 Å². The Balaban J connectivity index is 2.17. The van der Waals surface area contributed by atoms with Crippen molar-refractivity contribution >= 4 is 45.0 Å². The molecule has 0 radical (unpaired) electrons. The zero-order valence-electron chi connectivity index (χ0n) is 11.1. The zero-order valence-corrected chi connectivity index (χ0v) is 14.1. The molecule has 2 rings (SSSR count). The SMILES string of the molecule is Cc1cc(I)ccc1NC(=O)c1ccc(S(C)=O)cc1. The zero-order chi connectivity index (χ0) is 14.7. The molecule has 0 heterocycles. The molecule has 0 aliphatic heterocycles. The molecule has 0 fully saturated rings. The van der Waals surface area contributed by atoms with Crippen molar-refractivity contribution in [1.29, 1.82) is 0 Å². The highest BCUT2D eigenvalue weighted by atomic mass is 127. The van der Waals surface area contributed by atoms with E-state index in [-0.39, 0.29) is 5.91 Å². The van der Waals surface area contributed by atoms with Crippen molar-refractivity contribution in [1.82, 2.24) is 0 Å². The molecule has 2 aromatic rings. The number of hydrogen-bond acceptors (Lipinski definition) is 2. The van der Waals surface area contributed by atoms with E-state index in [4.69, 9.17) is 0 Å². The van der Waals surface area contributed by atoms with Gasteiger partial charge in [-0.2, -0.15) is 0 Å². The van der Waals surface area contributed by atoms with Gasteiger partial charge in [0.15, 0.2) is 0 Å². The third kappa shape index (κ3) is 3.67. The van der Waals surface area contributed by atoms with Crippen molar-refractivity contribution in [2.24, 2.45) is 0 Å². The van der Waals surface area contributed by atoms with Gasteiger partial charge >= 0.3 is 0 Å². The Hall–Kier alpha value is -1.21. The molecule has 1 N–H and O–H groups in total. The van der Waals surface area contributed by atoms with Gasteiger partial charge in [-0.15, -0.1) is 0 Å². The van der Waals surface area contributed by atoms with Crippen LogP contribution >= 0.6 is 22.6 Å². The third-order valence-electron chi connectivity index (χ3n) is 2.89. The lowest BCUT2D eigenvalue weighted by atomic mass is 10.1. The fourth-order valence-corrected chi connectivity index (χ4v) is 2.93. The number of carbonyl (C=O) groups excluding carboxylic acids is 1. The summed E-state index contributed by atoms with van der Waals surface area (Å²) in [7, 11) is -1.03. The van der Waals surface area contributed by atoms with Crippen LogP contribution in [0.5, 0.6) is 0 Å². The minimum absolute atomic E-state index is 0.164. The van der Waals surface area contributed by atoms with E-state index in [1.54, 1.807) is 30.5 Å². The first-order valence-electron chi connectivity index (χ1n) is 5.98. The lowest BCUT2D eigenvalue weighted by Crippen LogP contribution is -2.12. The van der Waals surface area contributed by atoms with Crippen molar-refractivity contribution in [2.75, 3.05) is 11.6 Å². The number of anilines is 1. The van der Waals surface area contributed by atoms with E-state index in [0.29, 0.717) is 10.5 Å². The molecule has 2 aromatic carbocycles. The average Bonchev–Trinajstić information content (AvgIpc) is 2.42. The fraction of sp³-hybridized carbons (Fsp3) is 0.133. The number of halogens is 1. The van der Waals surface area contributed by atoms with Gasteiger partial charge in [-0.05, 0) is 77.5 Å². The molecule has 0 aliphatic carbocycles. The summed E-state index contributed by atoms with van der Waals surface area (Å²) >= 11 is 2.24. The van der Waals surface area contributed by atoms with Gasteiger partial charge in [0.2, 0.25) is 0 Å². The maximum absolute atomic E-state index is 12.1. The summed E-state index contributed by atoms with van der Waals surface area (Å²) in [5.74, 6) is -0.164. The molecule has 20 heavy (non-hydrogen) atoms. The monoisotopic (exact) mass is 399 g/mol. The van der Waals surface area contributed by atoms with Crippen molar-refractivity contribution in [3.8, 4) is 0 Å². The van der Waals surface area contributed by atoms with E-state index in [9.17, 15) is 9.00 Å². The van der Waals surface area contributed by atoms with Gasteiger partial charge in [-0.25, -0.2) is 0 Å². The number of amides is 1. The Morgan fingerprint density at radius 2 is 1.80 bits per heavy atom. The Morgan fingerprint density at radius 1 is 1.15 bits per heavy atom. The molecule has 104 valence electrons. The summed E-state index contributed by atoms with van der Waals surface area (Å²) < 4.78 is 12.4. The lowest BCUT2D eigenvalue weighted by Gasteiger charge is -2.09. The molecular weight excluding hydrogens is 385 g/mol. The second kappa shape index (κ2) is 6.49. The van der Waals surface area contributed by atoms with E-state index >= 15 is 0 Å². The van der Waals surface area contributed by atoms with E-state index in [1.165, 1.54) is 0 Å². The molecule has 0 aromatic heterocycles. The molecular formula is C15H14INO2S. The van der Waals surface area contributed by atoms with Crippen LogP contribution in [0.4, 0.5) is 5.69 Å². The lowest BCUT2D eigenvalue weighted by molar-refractivity contribution is 0.102. The van der Waals surface area contributed by atoms with Crippen LogP contribution in [-0.2, 0) is 10.8 Å². The molecule has 1 unspecified atom stereocenters. The van der Waals surface area contributed by atoms with Gasteiger partial charge in [-0.3, -0.25) is 9.00 Å². The van der Waals surface area contributed by atoms with Crippen molar-refractivity contribution < 1.29 is 9.00 Å². The van der Waals surface area contributed by atoms with Gasteiger partial charge in [-0.1, -0.05) is 0 Å². The number of benzene rings is 2. The second-order valence-corrected chi connectivity index (χ2v) is 7.02.